The van der Waals surface area contributed by atoms with Gasteiger partial charge in [0.1, 0.15) is 0 Å². The minimum absolute atomic E-state index is 1.13. The van der Waals surface area contributed by atoms with Crippen LogP contribution < -0.4 is 0 Å². The average Bonchev–Trinajstić information content (AvgIpc) is 2.97. The van der Waals surface area contributed by atoms with E-state index >= 15 is 0 Å². The molecule has 174 valence electrons. The van der Waals surface area contributed by atoms with Crippen molar-refractivity contribution in [3.63, 3.8) is 0 Å². The van der Waals surface area contributed by atoms with Crippen molar-refractivity contribution in [2.24, 2.45) is 0 Å². The van der Waals surface area contributed by atoms with Gasteiger partial charge in [-0.1, -0.05) is 91.0 Å². The molecule has 3 aromatic carbocycles. The van der Waals surface area contributed by atoms with Gasteiger partial charge in [0.05, 0.1) is 0 Å². The molecule has 3 aromatic rings. The van der Waals surface area contributed by atoms with Crippen molar-refractivity contribution in [2.75, 3.05) is 58.9 Å². The van der Waals surface area contributed by atoms with E-state index in [0.29, 0.717) is 0 Å². The second-order valence-electron chi connectivity index (χ2n) is 9.23. The lowest BCUT2D eigenvalue weighted by molar-refractivity contribution is 0.222. The van der Waals surface area contributed by atoms with Crippen LogP contribution in [0, 0.1) is 0 Å². The maximum atomic E-state index is 2.68. The zero-order valence-corrected chi connectivity index (χ0v) is 20.0. The normalized spacial score (nSPS) is 16.7. The second kappa shape index (κ2) is 13.3. The fraction of sp³-hybridized carbons (Fsp3) is 0.400. The standard InChI is InChI=1S/C30H39N3/c1-4-10-28(11-5-1)16-19-31-22-24-32(20-17-29-12-6-2-7-13-29)26-27-33(25-23-31)21-18-30-14-8-3-9-15-30/h1-15H,16-27H2. The first kappa shape index (κ1) is 23.7. The molecule has 33 heavy (non-hydrogen) atoms. The van der Waals surface area contributed by atoms with Gasteiger partial charge in [-0.05, 0) is 36.0 Å². The Kier molecular flexibility index (Phi) is 9.54. The summed E-state index contributed by atoms with van der Waals surface area (Å²) in [5.74, 6) is 0. The Labute approximate surface area is 200 Å². The molecule has 0 aromatic heterocycles. The molecule has 1 aliphatic rings. The molecule has 0 atom stereocenters. The third-order valence-corrected chi connectivity index (χ3v) is 6.88. The maximum Gasteiger partial charge on any atom is 0.0110 e. The highest BCUT2D eigenvalue weighted by Crippen LogP contribution is 2.08. The third kappa shape index (κ3) is 8.43. The number of hydrogen-bond donors (Lipinski definition) is 0. The zero-order valence-electron chi connectivity index (χ0n) is 20.0. The summed E-state index contributed by atoms with van der Waals surface area (Å²) >= 11 is 0. The minimum atomic E-state index is 1.13. The van der Waals surface area contributed by atoms with Crippen molar-refractivity contribution in [3.05, 3.63) is 108 Å². The number of benzene rings is 3. The lowest BCUT2D eigenvalue weighted by Gasteiger charge is -2.26. The van der Waals surface area contributed by atoms with Crippen LogP contribution in [0.25, 0.3) is 0 Å². The molecule has 0 bridgehead atoms. The fourth-order valence-corrected chi connectivity index (χ4v) is 4.65. The summed E-state index contributed by atoms with van der Waals surface area (Å²) in [5.41, 5.74) is 4.33. The first-order valence-corrected chi connectivity index (χ1v) is 12.6. The SMILES string of the molecule is c1ccc(CCN2CCN(CCc3ccccc3)CCN(CCc3ccccc3)CC2)cc1. The zero-order chi connectivity index (χ0) is 22.6. The minimum Gasteiger partial charge on any atom is -0.300 e. The van der Waals surface area contributed by atoms with Crippen LogP contribution in [0.2, 0.25) is 0 Å². The molecule has 1 heterocycles. The van der Waals surface area contributed by atoms with Crippen molar-refractivity contribution in [1.29, 1.82) is 0 Å². The van der Waals surface area contributed by atoms with E-state index in [1.165, 1.54) is 16.7 Å². The fourth-order valence-electron chi connectivity index (χ4n) is 4.65. The molecule has 4 rings (SSSR count). The Bertz CT molecular complexity index is 763. The van der Waals surface area contributed by atoms with E-state index in [-0.39, 0.29) is 0 Å². The summed E-state index contributed by atoms with van der Waals surface area (Å²) in [4.78, 5) is 8.05. The lowest BCUT2D eigenvalue weighted by Crippen LogP contribution is -2.37. The Morgan fingerprint density at radius 1 is 0.364 bits per heavy atom. The molecule has 1 saturated heterocycles. The van der Waals surface area contributed by atoms with Crippen LogP contribution in [-0.4, -0.2) is 73.6 Å². The maximum absolute atomic E-state index is 2.68. The lowest BCUT2D eigenvalue weighted by atomic mass is 10.1. The van der Waals surface area contributed by atoms with Gasteiger partial charge in [-0.2, -0.15) is 0 Å². The summed E-state index contributed by atoms with van der Waals surface area (Å²) < 4.78 is 0. The van der Waals surface area contributed by atoms with Crippen LogP contribution in [0.3, 0.4) is 0 Å². The molecule has 1 aliphatic heterocycles. The van der Waals surface area contributed by atoms with E-state index in [1.54, 1.807) is 0 Å². The van der Waals surface area contributed by atoms with E-state index in [9.17, 15) is 0 Å². The van der Waals surface area contributed by atoms with Gasteiger partial charge in [-0.15, -0.1) is 0 Å². The topological polar surface area (TPSA) is 9.72 Å². The number of nitrogens with zero attached hydrogens (tertiary/aromatic N) is 3. The molecular weight excluding hydrogens is 402 g/mol. The molecule has 0 saturated carbocycles. The van der Waals surface area contributed by atoms with Crippen LogP contribution >= 0.6 is 0 Å². The Balaban J connectivity index is 1.35. The molecule has 0 spiro atoms. The van der Waals surface area contributed by atoms with Gasteiger partial charge in [-0.25, -0.2) is 0 Å². The van der Waals surface area contributed by atoms with Gasteiger partial charge in [0.25, 0.3) is 0 Å². The van der Waals surface area contributed by atoms with Crippen molar-refractivity contribution in [2.45, 2.75) is 19.3 Å². The van der Waals surface area contributed by atoms with E-state index in [4.69, 9.17) is 0 Å². The van der Waals surface area contributed by atoms with Gasteiger partial charge in [0.15, 0.2) is 0 Å². The molecule has 0 N–H and O–H groups in total. The second-order valence-corrected chi connectivity index (χ2v) is 9.23. The summed E-state index contributed by atoms with van der Waals surface area (Å²) in [6, 6.07) is 32.8. The van der Waals surface area contributed by atoms with Crippen molar-refractivity contribution in [3.8, 4) is 0 Å². The van der Waals surface area contributed by atoms with Crippen LogP contribution in [0.15, 0.2) is 91.0 Å². The highest BCUT2D eigenvalue weighted by Gasteiger charge is 2.16. The van der Waals surface area contributed by atoms with Crippen LogP contribution in [0.5, 0.6) is 0 Å². The molecule has 0 unspecified atom stereocenters. The smallest absolute Gasteiger partial charge is 0.0110 e. The van der Waals surface area contributed by atoms with Gasteiger partial charge in [0, 0.05) is 58.9 Å². The highest BCUT2D eigenvalue weighted by atomic mass is 15.3. The van der Waals surface area contributed by atoms with E-state index in [2.05, 4.69) is 106 Å². The molecular formula is C30H39N3. The predicted molar refractivity (Wildman–Crippen MR) is 140 cm³/mol. The van der Waals surface area contributed by atoms with Crippen LogP contribution in [-0.2, 0) is 19.3 Å². The van der Waals surface area contributed by atoms with Gasteiger partial charge in [-0.3, -0.25) is 0 Å². The van der Waals surface area contributed by atoms with Crippen molar-refractivity contribution in [1.82, 2.24) is 14.7 Å². The molecule has 0 aliphatic carbocycles. The summed E-state index contributed by atoms with van der Waals surface area (Å²) in [6.07, 6.45) is 3.40. The summed E-state index contributed by atoms with van der Waals surface area (Å²) in [7, 11) is 0. The largest absolute Gasteiger partial charge is 0.300 e. The first-order valence-electron chi connectivity index (χ1n) is 12.6. The molecule has 0 amide bonds. The Morgan fingerprint density at radius 2 is 0.606 bits per heavy atom. The quantitative estimate of drug-likeness (QED) is 0.479. The van der Waals surface area contributed by atoms with E-state index in [1.807, 2.05) is 0 Å². The number of hydrogen-bond acceptors (Lipinski definition) is 3. The molecule has 3 heteroatoms. The van der Waals surface area contributed by atoms with Gasteiger partial charge >= 0.3 is 0 Å². The summed E-state index contributed by atoms with van der Waals surface area (Å²) in [6.45, 7) is 10.4. The third-order valence-electron chi connectivity index (χ3n) is 6.88. The Morgan fingerprint density at radius 3 is 0.848 bits per heavy atom. The van der Waals surface area contributed by atoms with Crippen LogP contribution in [0.1, 0.15) is 16.7 Å². The Hall–Kier alpha value is -2.46. The first-order chi connectivity index (χ1) is 16.3. The van der Waals surface area contributed by atoms with Crippen molar-refractivity contribution < 1.29 is 0 Å². The van der Waals surface area contributed by atoms with Crippen LogP contribution in [0.4, 0.5) is 0 Å². The average molecular weight is 442 g/mol. The molecule has 1 fully saturated rings. The molecule has 0 radical (unpaired) electrons. The highest BCUT2D eigenvalue weighted by molar-refractivity contribution is 5.16. The monoisotopic (exact) mass is 441 g/mol. The van der Waals surface area contributed by atoms with Crippen molar-refractivity contribution >= 4 is 0 Å². The van der Waals surface area contributed by atoms with E-state index < -0.39 is 0 Å². The summed E-state index contributed by atoms with van der Waals surface area (Å²) in [5, 5.41) is 0. The van der Waals surface area contributed by atoms with Gasteiger partial charge in [0.2, 0.25) is 0 Å². The molecule has 3 nitrogen and oxygen atoms in total. The van der Waals surface area contributed by atoms with E-state index in [0.717, 1.165) is 78.2 Å². The van der Waals surface area contributed by atoms with Gasteiger partial charge < -0.3 is 14.7 Å². The predicted octanol–water partition coefficient (Wildman–Crippen LogP) is 4.63. The number of rotatable bonds is 9.